The van der Waals surface area contributed by atoms with Gasteiger partial charge in [0.2, 0.25) is 0 Å². The summed E-state index contributed by atoms with van der Waals surface area (Å²) in [6, 6.07) is 5.65. The zero-order valence-corrected chi connectivity index (χ0v) is 11.0. The van der Waals surface area contributed by atoms with Crippen molar-refractivity contribution in [3.05, 3.63) is 32.7 Å². The number of hydrogen-bond donors (Lipinski definition) is 1. The molecular formula is C10H12Br2O2. The van der Waals surface area contributed by atoms with E-state index in [0.29, 0.717) is 13.2 Å². The van der Waals surface area contributed by atoms with Crippen LogP contribution in [0, 0.1) is 0 Å². The number of halogens is 2. The van der Waals surface area contributed by atoms with E-state index in [1.165, 1.54) is 0 Å². The summed E-state index contributed by atoms with van der Waals surface area (Å²) in [5, 5.41) is 9.71. The maximum atomic E-state index is 9.71. The van der Waals surface area contributed by atoms with Crippen LogP contribution in [0.2, 0.25) is 0 Å². The van der Waals surface area contributed by atoms with Gasteiger partial charge < -0.3 is 9.84 Å². The van der Waals surface area contributed by atoms with Crippen LogP contribution in [0.3, 0.4) is 0 Å². The van der Waals surface area contributed by atoms with Gasteiger partial charge in [0.1, 0.15) is 6.10 Å². The Morgan fingerprint density at radius 1 is 1.36 bits per heavy atom. The van der Waals surface area contributed by atoms with Crippen molar-refractivity contribution < 1.29 is 9.84 Å². The SMILES string of the molecule is CCOCC(O)c1ccc(Br)c(Br)c1. The second-order valence-corrected chi connectivity index (χ2v) is 4.56. The monoisotopic (exact) mass is 322 g/mol. The molecule has 0 fully saturated rings. The second kappa shape index (κ2) is 5.85. The third kappa shape index (κ3) is 3.35. The topological polar surface area (TPSA) is 29.5 Å². The summed E-state index contributed by atoms with van der Waals surface area (Å²) in [5.41, 5.74) is 0.855. The third-order valence-electron chi connectivity index (χ3n) is 1.81. The summed E-state index contributed by atoms with van der Waals surface area (Å²) in [6.07, 6.45) is -0.556. The summed E-state index contributed by atoms with van der Waals surface area (Å²) >= 11 is 6.76. The Bertz CT molecular complexity index is 302. The predicted molar refractivity (Wildman–Crippen MR) is 63.3 cm³/mol. The maximum absolute atomic E-state index is 9.71. The van der Waals surface area contributed by atoms with E-state index in [4.69, 9.17) is 4.74 Å². The standard InChI is InChI=1S/C10H12Br2O2/c1-2-14-6-10(13)7-3-4-8(11)9(12)5-7/h3-5,10,13H,2,6H2,1H3. The normalized spacial score (nSPS) is 12.9. The number of aliphatic hydroxyl groups excluding tert-OH is 1. The molecule has 0 aliphatic heterocycles. The van der Waals surface area contributed by atoms with E-state index in [1.54, 1.807) is 0 Å². The first-order valence-corrected chi connectivity index (χ1v) is 5.94. The minimum absolute atomic E-state index is 0.338. The molecule has 14 heavy (non-hydrogen) atoms. The van der Waals surface area contributed by atoms with E-state index in [2.05, 4.69) is 31.9 Å². The first-order valence-electron chi connectivity index (χ1n) is 4.36. The van der Waals surface area contributed by atoms with Crippen LogP contribution in [0.15, 0.2) is 27.1 Å². The number of aliphatic hydroxyl groups is 1. The van der Waals surface area contributed by atoms with Gasteiger partial charge in [-0.2, -0.15) is 0 Å². The molecule has 4 heteroatoms. The van der Waals surface area contributed by atoms with Crippen LogP contribution in [0.25, 0.3) is 0 Å². The summed E-state index contributed by atoms with van der Waals surface area (Å²) in [7, 11) is 0. The van der Waals surface area contributed by atoms with Gasteiger partial charge in [-0.25, -0.2) is 0 Å². The molecule has 1 unspecified atom stereocenters. The molecule has 0 aromatic heterocycles. The van der Waals surface area contributed by atoms with Gasteiger partial charge in [0.15, 0.2) is 0 Å². The Labute approximate surface area is 101 Å². The molecule has 1 atom stereocenters. The van der Waals surface area contributed by atoms with Crippen LogP contribution in [-0.4, -0.2) is 18.3 Å². The smallest absolute Gasteiger partial charge is 0.102 e. The van der Waals surface area contributed by atoms with Gasteiger partial charge in [-0.15, -0.1) is 0 Å². The lowest BCUT2D eigenvalue weighted by Crippen LogP contribution is -2.06. The molecule has 1 aromatic rings. The zero-order chi connectivity index (χ0) is 10.6. The summed E-state index contributed by atoms with van der Waals surface area (Å²) in [4.78, 5) is 0. The molecule has 0 aliphatic carbocycles. The molecule has 2 nitrogen and oxygen atoms in total. The van der Waals surface area contributed by atoms with E-state index < -0.39 is 6.10 Å². The fourth-order valence-electron chi connectivity index (χ4n) is 1.05. The van der Waals surface area contributed by atoms with Gasteiger partial charge >= 0.3 is 0 Å². The van der Waals surface area contributed by atoms with Crippen molar-refractivity contribution in [3.8, 4) is 0 Å². The minimum atomic E-state index is -0.556. The molecule has 0 saturated carbocycles. The van der Waals surface area contributed by atoms with Crippen LogP contribution in [0.1, 0.15) is 18.6 Å². The lowest BCUT2D eigenvalue weighted by molar-refractivity contribution is 0.0420. The highest BCUT2D eigenvalue weighted by molar-refractivity contribution is 9.13. The summed E-state index contributed by atoms with van der Waals surface area (Å²) in [5.74, 6) is 0. The largest absolute Gasteiger partial charge is 0.386 e. The van der Waals surface area contributed by atoms with E-state index in [0.717, 1.165) is 14.5 Å². The molecule has 0 heterocycles. The molecule has 78 valence electrons. The zero-order valence-electron chi connectivity index (χ0n) is 7.84. The quantitative estimate of drug-likeness (QED) is 0.921. The molecule has 0 aliphatic rings. The van der Waals surface area contributed by atoms with Crippen molar-refractivity contribution in [2.45, 2.75) is 13.0 Å². The van der Waals surface area contributed by atoms with Crippen LogP contribution >= 0.6 is 31.9 Å². The number of ether oxygens (including phenoxy) is 1. The minimum Gasteiger partial charge on any atom is -0.386 e. The van der Waals surface area contributed by atoms with E-state index in [1.807, 2.05) is 25.1 Å². The molecule has 0 bridgehead atoms. The molecule has 1 rings (SSSR count). The fourth-order valence-corrected chi connectivity index (χ4v) is 1.69. The molecule has 0 radical (unpaired) electrons. The van der Waals surface area contributed by atoms with E-state index in [9.17, 15) is 5.11 Å². The van der Waals surface area contributed by atoms with Crippen LogP contribution in [0.5, 0.6) is 0 Å². The second-order valence-electron chi connectivity index (χ2n) is 2.85. The molecule has 0 spiro atoms. The lowest BCUT2D eigenvalue weighted by atomic mass is 10.1. The summed E-state index contributed by atoms with van der Waals surface area (Å²) < 4.78 is 7.06. The molecule has 1 aromatic carbocycles. The van der Waals surface area contributed by atoms with Crippen molar-refractivity contribution in [1.29, 1.82) is 0 Å². The molecular weight excluding hydrogens is 312 g/mol. The summed E-state index contributed by atoms with van der Waals surface area (Å²) in [6.45, 7) is 2.86. The van der Waals surface area contributed by atoms with Crippen molar-refractivity contribution in [3.63, 3.8) is 0 Å². The van der Waals surface area contributed by atoms with Crippen LogP contribution in [0.4, 0.5) is 0 Å². The average Bonchev–Trinajstić information content (AvgIpc) is 2.18. The van der Waals surface area contributed by atoms with Gasteiger partial charge in [0, 0.05) is 15.6 Å². The highest BCUT2D eigenvalue weighted by Gasteiger charge is 2.08. The molecule has 0 amide bonds. The maximum Gasteiger partial charge on any atom is 0.102 e. The van der Waals surface area contributed by atoms with Gasteiger partial charge in [-0.05, 0) is 56.5 Å². The highest BCUT2D eigenvalue weighted by Crippen LogP contribution is 2.26. The first kappa shape index (κ1) is 12.2. The van der Waals surface area contributed by atoms with Crippen LogP contribution in [-0.2, 0) is 4.74 Å². The van der Waals surface area contributed by atoms with Crippen molar-refractivity contribution in [2.24, 2.45) is 0 Å². The number of rotatable bonds is 4. The van der Waals surface area contributed by atoms with Crippen molar-refractivity contribution in [2.75, 3.05) is 13.2 Å². The molecule has 1 N–H and O–H groups in total. The molecule has 0 saturated heterocycles. The number of benzene rings is 1. The highest BCUT2D eigenvalue weighted by atomic mass is 79.9. The fraction of sp³-hybridized carbons (Fsp3) is 0.400. The van der Waals surface area contributed by atoms with E-state index >= 15 is 0 Å². The van der Waals surface area contributed by atoms with Gasteiger partial charge in [0.05, 0.1) is 6.61 Å². The Hall–Kier alpha value is 0.1000. The number of hydrogen-bond acceptors (Lipinski definition) is 2. The average molecular weight is 324 g/mol. The predicted octanol–water partition coefficient (Wildman–Crippen LogP) is 3.28. The van der Waals surface area contributed by atoms with Crippen molar-refractivity contribution >= 4 is 31.9 Å². The Morgan fingerprint density at radius 2 is 2.07 bits per heavy atom. The van der Waals surface area contributed by atoms with Crippen molar-refractivity contribution in [1.82, 2.24) is 0 Å². The Kier molecular flexibility index (Phi) is 5.09. The van der Waals surface area contributed by atoms with Gasteiger partial charge in [-0.1, -0.05) is 6.07 Å². The third-order valence-corrected chi connectivity index (χ3v) is 3.69. The Morgan fingerprint density at radius 3 is 2.64 bits per heavy atom. The van der Waals surface area contributed by atoms with Gasteiger partial charge in [-0.3, -0.25) is 0 Å². The first-order chi connectivity index (χ1) is 6.65. The lowest BCUT2D eigenvalue weighted by Gasteiger charge is -2.11. The Balaban J connectivity index is 2.70. The van der Waals surface area contributed by atoms with Crippen LogP contribution < -0.4 is 0 Å². The van der Waals surface area contributed by atoms with Gasteiger partial charge in [0.25, 0.3) is 0 Å². The van der Waals surface area contributed by atoms with E-state index in [-0.39, 0.29) is 0 Å².